The lowest BCUT2D eigenvalue weighted by molar-refractivity contribution is 0.304. The molecule has 1 aromatic carbocycles. The largest absolute Gasteiger partial charge is 0.369 e. The molecule has 1 aliphatic carbocycles. The molecule has 1 aromatic heterocycles. The Kier molecular flexibility index (Phi) is 3.22. The van der Waals surface area contributed by atoms with Gasteiger partial charge < -0.3 is 16.0 Å². The van der Waals surface area contributed by atoms with Gasteiger partial charge in [0.2, 0.25) is 11.9 Å². The minimum atomic E-state index is -0.673. The van der Waals surface area contributed by atoms with Gasteiger partial charge in [0.25, 0.3) is 0 Å². The van der Waals surface area contributed by atoms with Crippen molar-refractivity contribution in [2.24, 2.45) is 21.5 Å². The van der Waals surface area contributed by atoms with Crippen LogP contribution in [-0.4, -0.2) is 22.7 Å². The van der Waals surface area contributed by atoms with Gasteiger partial charge in [-0.05, 0) is 38.7 Å². The normalized spacial score (nSPS) is 20.3. The summed E-state index contributed by atoms with van der Waals surface area (Å²) in [6.45, 7) is 1.81. The number of benzene rings is 1. The Balaban J connectivity index is 1.91. The molecular formula is C16H19FN6O. The van der Waals surface area contributed by atoms with Crippen LogP contribution >= 0.6 is 0 Å². The van der Waals surface area contributed by atoms with Gasteiger partial charge in [0, 0.05) is 11.5 Å². The van der Waals surface area contributed by atoms with Gasteiger partial charge in [-0.15, -0.1) is 0 Å². The van der Waals surface area contributed by atoms with Crippen molar-refractivity contribution in [3.05, 3.63) is 23.6 Å². The number of anilines is 1. The van der Waals surface area contributed by atoms with E-state index < -0.39 is 11.5 Å². The van der Waals surface area contributed by atoms with Crippen LogP contribution in [0.1, 0.15) is 37.8 Å². The molecule has 4 rings (SSSR count). The standard InChI is InChI=1S/C16H19FN6O/c1-9-10-7-12(11(17)8-13(10)24-22-9)23-15(19)20-14(18)21-16(23)5-3-2-4-6-16/h7-8H,2-6H2,1H3,(H4,18,19,20,21). The average Bonchev–Trinajstić information content (AvgIpc) is 2.88. The maximum Gasteiger partial charge on any atom is 0.220 e. The number of nitrogens with two attached hydrogens (primary N) is 2. The maximum absolute atomic E-state index is 14.8. The third-order valence-corrected chi connectivity index (χ3v) is 4.81. The fraction of sp³-hybridized carbons (Fsp3) is 0.438. The van der Waals surface area contributed by atoms with Crippen molar-refractivity contribution in [2.75, 3.05) is 4.90 Å². The summed E-state index contributed by atoms with van der Waals surface area (Å²) < 4.78 is 19.9. The van der Waals surface area contributed by atoms with Gasteiger partial charge in [-0.2, -0.15) is 4.99 Å². The molecule has 0 radical (unpaired) electrons. The molecule has 0 saturated heterocycles. The molecule has 2 aliphatic rings. The third kappa shape index (κ3) is 2.13. The molecule has 2 aromatic rings. The zero-order valence-corrected chi connectivity index (χ0v) is 13.4. The predicted molar refractivity (Wildman–Crippen MR) is 90.2 cm³/mol. The van der Waals surface area contributed by atoms with Gasteiger partial charge in [0.1, 0.15) is 5.66 Å². The first kappa shape index (κ1) is 14.9. The molecule has 1 spiro atoms. The Morgan fingerprint density at radius 2 is 1.96 bits per heavy atom. The van der Waals surface area contributed by atoms with Crippen molar-refractivity contribution >= 4 is 28.6 Å². The molecule has 2 heterocycles. The Morgan fingerprint density at radius 1 is 1.21 bits per heavy atom. The molecule has 0 amide bonds. The monoisotopic (exact) mass is 330 g/mol. The summed E-state index contributed by atoms with van der Waals surface area (Å²) in [6.07, 6.45) is 4.59. The van der Waals surface area contributed by atoms with Crippen molar-refractivity contribution in [1.82, 2.24) is 5.16 Å². The summed E-state index contributed by atoms with van der Waals surface area (Å²) >= 11 is 0. The summed E-state index contributed by atoms with van der Waals surface area (Å²) in [6, 6.07) is 3.03. The first-order chi connectivity index (χ1) is 11.5. The van der Waals surface area contributed by atoms with Gasteiger partial charge in [-0.1, -0.05) is 11.6 Å². The van der Waals surface area contributed by atoms with Crippen molar-refractivity contribution in [2.45, 2.75) is 44.7 Å². The van der Waals surface area contributed by atoms with Crippen molar-refractivity contribution in [3.8, 4) is 0 Å². The zero-order chi connectivity index (χ0) is 16.9. The van der Waals surface area contributed by atoms with Gasteiger partial charge in [-0.25, -0.2) is 9.38 Å². The predicted octanol–water partition coefficient (Wildman–Crippen LogP) is 2.39. The van der Waals surface area contributed by atoms with Crippen molar-refractivity contribution < 1.29 is 8.91 Å². The number of aryl methyl sites for hydroxylation is 1. The molecule has 1 aliphatic heterocycles. The number of hydrogen-bond donors (Lipinski definition) is 2. The molecule has 1 saturated carbocycles. The second-order valence-corrected chi connectivity index (χ2v) is 6.39. The van der Waals surface area contributed by atoms with E-state index in [9.17, 15) is 4.39 Å². The summed E-state index contributed by atoms with van der Waals surface area (Å²) in [4.78, 5) is 10.3. The van der Waals surface area contributed by atoms with Gasteiger partial charge in [-0.3, -0.25) is 4.90 Å². The quantitative estimate of drug-likeness (QED) is 0.835. The smallest absolute Gasteiger partial charge is 0.220 e. The van der Waals surface area contributed by atoms with Crippen molar-refractivity contribution in [3.63, 3.8) is 0 Å². The molecule has 126 valence electrons. The van der Waals surface area contributed by atoms with Gasteiger partial charge in [0.05, 0.1) is 11.4 Å². The molecule has 0 atom stereocenters. The Bertz CT molecular complexity index is 865. The number of nitrogens with zero attached hydrogens (tertiary/aromatic N) is 4. The Morgan fingerprint density at radius 3 is 2.71 bits per heavy atom. The summed E-state index contributed by atoms with van der Waals surface area (Å²) in [7, 11) is 0. The molecule has 4 N–H and O–H groups in total. The number of hydrogen-bond acceptors (Lipinski definition) is 7. The number of guanidine groups is 2. The lowest BCUT2D eigenvalue weighted by Gasteiger charge is -2.45. The van der Waals surface area contributed by atoms with Crippen LogP contribution < -0.4 is 16.4 Å². The molecule has 8 heteroatoms. The second kappa shape index (κ2) is 5.19. The third-order valence-electron chi connectivity index (χ3n) is 4.81. The van der Waals surface area contributed by atoms with E-state index in [0.717, 1.165) is 37.5 Å². The van der Waals surface area contributed by atoms with E-state index in [4.69, 9.17) is 16.0 Å². The fourth-order valence-electron chi connectivity index (χ4n) is 3.71. The second-order valence-electron chi connectivity index (χ2n) is 6.39. The summed E-state index contributed by atoms with van der Waals surface area (Å²) in [5, 5.41) is 4.63. The van der Waals surface area contributed by atoms with Crippen LogP contribution in [0.2, 0.25) is 0 Å². The lowest BCUT2D eigenvalue weighted by Crippen LogP contribution is -2.58. The first-order valence-electron chi connectivity index (χ1n) is 8.05. The summed E-state index contributed by atoms with van der Waals surface area (Å²) in [5.41, 5.74) is 12.7. The molecule has 7 nitrogen and oxygen atoms in total. The number of fused-ring (bicyclic) bond motifs is 1. The van der Waals surface area contributed by atoms with Gasteiger partial charge >= 0.3 is 0 Å². The number of rotatable bonds is 1. The first-order valence-corrected chi connectivity index (χ1v) is 8.05. The van der Waals surface area contributed by atoms with E-state index in [1.807, 2.05) is 6.92 Å². The van der Waals surface area contributed by atoms with Crippen LogP contribution in [0.3, 0.4) is 0 Å². The highest BCUT2D eigenvalue weighted by Crippen LogP contribution is 2.41. The van der Waals surface area contributed by atoms with E-state index in [1.165, 1.54) is 6.07 Å². The van der Waals surface area contributed by atoms with Crippen molar-refractivity contribution in [1.29, 1.82) is 0 Å². The Labute approximate surface area is 138 Å². The van der Waals surface area contributed by atoms with Crippen LogP contribution in [-0.2, 0) is 0 Å². The Hall–Kier alpha value is -2.64. The lowest BCUT2D eigenvalue weighted by atomic mass is 9.87. The topological polar surface area (TPSA) is 106 Å². The minimum Gasteiger partial charge on any atom is -0.369 e. The van der Waals surface area contributed by atoms with Gasteiger partial charge in [0.15, 0.2) is 11.4 Å². The van der Waals surface area contributed by atoms with Crippen LogP contribution in [0.4, 0.5) is 10.1 Å². The van der Waals surface area contributed by atoms with E-state index in [1.54, 1.807) is 11.0 Å². The van der Waals surface area contributed by atoms with Crippen LogP contribution in [0.15, 0.2) is 26.6 Å². The minimum absolute atomic E-state index is 0.147. The SMILES string of the molecule is Cc1noc2cc(F)c(N3C(N)=NC(N)=NC34CCCCC4)cc12. The van der Waals surface area contributed by atoms with Crippen LogP contribution in [0.5, 0.6) is 0 Å². The molecule has 24 heavy (non-hydrogen) atoms. The molecule has 0 bridgehead atoms. The molecule has 1 fully saturated rings. The highest BCUT2D eigenvalue weighted by atomic mass is 19.1. The van der Waals surface area contributed by atoms with E-state index in [-0.39, 0.29) is 11.9 Å². The maximum atomic E-state index is 14.8. The summed E-state index contributed by atoms with van der Waals surface area (Å²) in [5.74, 6) is -0.137. The molecule has 0 unspecified atom stereocenters. The zero-order valence-electron chi connectivity index (χ0n) is 13.4. The highest BCUT2D eigenvalue weighted by Gasteiger charge is 2.43. The number of halogens is 1. The van der Waals surface area contributed by atoms with E-state index in [2.05, 4.69) is 15.1 Å². The van der Waals surface area contributed by atoms with Crippen LogP contribution in [0.25, 0.3) is 11.0 Å². The highest BCUT2D eigenvalue weighted by molar-refractivity contribution is 6.06. The molecular weight excluding hydrogens is 311 g/mol. The number of aromatic nitrogens is 1. The number of aliphatic imine (C=N–C) groups is 2. The van der Waals surface area contributed by atoms with Crippen LogP contribution in [0, 0.1) is 12.7 Å². The van der Waals surface area contributed by atoms with E-state index >= 15 is 0 Å². The van der Waals surface area contributed by atoms with E-state index in [0.29, 0.717) is 17.0 Å². The fourth-order valence-corrected chi connectivity index (χ4v) is 3.71. The average molecular weight is 330 g/mol.